The van der Waals surface area contributed by atoms with E-state index >= 15 is 0 Å². The van der Waals surface area contributed by atoms with Crippen LogP contribution in [-0.2, 0) is 21.2 Å². The van der Waals surface area contributed by atoms with Crippen LogP contribution in [0.25, 0.3) is 6.08 Å². The van der Waals surface area contributed by atoms with Crippen molar-refractivity contribution in [3.05, 3.63) is 69.6 Å². The number of hydrogen-bond donors (Lipinski definition) is 2. The van der Waals surface area contributed by atoms with Gasteiger partial charge in [-0.1, -0.05) is 24.3 Å². The zero-order chi connectivity index (χ0) is 31.1. The molecule has 0 aromatic heterocycles. The third-order valence-electron chi connectivity index (χ3n) is 7.64. The molecule has 1 aliphatic rings. The van der Waals surface area contributed by atoms with Gasteiger partial charge in [0.2, 0.25) is 10.0 Å². The second-order valence-corrected chi connectivity index (χ2v) is 12.6. The summed E-state index contributed by atoms with van der Waals surface area (Å²) < 4.78 is 65.1. The number of piperidine rings is 1. The fourth-order valence-electron chi connectivity index (χ4n) is 5.01. The Bertz CT molecular complexity index is 1380. The third kappa shape index (κ3) is 8.65. The number of halogens is 3. The number of aliphatic imine (C=N–C) groups is 1. The Hall–Kier alpha value is -3.22. The average molecular weight is 608 g/mol. The highest BCUT2D eigenvalue weighted by molar-refractivity contribution is 7.92. The number of rotatable bonds is 11. The predicted octanol–water partition coefficient (Wildman–Crippen LogP) is 4.54. The van der Waals surface area contributed by atoms with Gasteiger partial charge in [0.1, 0.15) is 12.1 Å². The SMILES string of the molecule is CN=C(NC1(C=O)CCN(S(=O)(=O)/C=C/c2c(C)cc(N(C)CN)cc2C)CC1)c1ccc(CCCC(F)(F)F)cc1. The summed E-state index contributed by atoms with van der Waals surface area (Å²) in [7, 11) is -0.273. The predicted molar refractivity (Wildman–Crippen MR) is 162 cm³/mol. The molecule has 42 heavy (non-hydrogen) atoms. The minimum Gasteiger partial charge on any atom is -0.362 e. The molecule has 230 valence electrons. The Morgan fingerprint density at radius 1 is 1.14 bits per heavy atom. The molecule has 2 aromatic carbocycles. The largest absolute Gasteiger partial charge is 0.389 e. The van der Waals surface area contributed by atoms with E-state index in [1.807, 2.05) is 37.9 Å². The summed E-state index contributed by atoms with van der Waals surface area (Å²) in [5.41, 5.74) is 9.82. The van der Waals surface area contributed by atoms with Crippen molar-refractivity contribution < 1.29 is 26.4 Å². The van der Waals surface area contributed by atoms with Crippen molar-refractivity contribution >= 4 is 33.9 Å². The maximum atomic E-state index is 13.2. The van der Waals surface area contributed by atoms with Gasteiger partial charge in [0.05, 0.1) is 12.2 Å². The molecule has 0 saturated carbocycles. The van der Waals surface area contributed by atoms with Gasteiger partial charge >= 0.3 is 6.18 Å². The number of aldehydes is 1. The highest BCUT2D eigenvalue weighted by Gasteiger charge is 2.38. The van der Waals surface area contributed by atoms with Gasteiger partial charge in [-0.2, -0.15) is 17.5 Å². The zero-order valence-electron chi connectivity index (χ0n) is 24.5. The quantitative estimate of drug-likeness (QED) is 0.168. The molecule has 1 aliphatic heterocycles. The number of aryl methyl sites for hydroxylation is 3. The molecular formula is C30H40F3N5O3S. The first-order chi connectivity index (χ1) is 19.7. The number of hydrogen-bond acceptors (Lipinski definition) is 6. The van der Waals surface area contributed by atoms with Gasteiger partial charge in [0.25, 0.3) is 0 Å². The second-order valence-electron chi connectivity index (χ2n) is 10.8. The maximum absolute atomic E-state index is 13.2. The van der Waals surface area contributed by atoms with Gasteiger partial charge in [-0.3, -0.25) is 4.99 Å². The summed E-state index contributed by atoms with van der Waals surface area (Å²) in [4.78, 5) is 18.4. The molecule has 3 N–H and O–H groups in total. The van der Waals surface area contributed by atoms with E-state index in [1.54, 1.807) is 37.4 Å². The molecule has 1 saturated heterocycles. The van der Waals surface area contributed by atoms with Gasteiger partial charge in [-0.15, -0.1) is 0 Å². The molecule has 2 aromatic rings. The summed E-state index contributed by atoms with van der Waals surface area (Å²) in [5, 5.41) is 4.43. The number of amidine groups is 1. The first-order valence-corrected chi connectivity index (χ1v) is 15.3. The van der Waals surface area contributed by atoms with Crippen LogP contribution in [0.15, 0.2) is 46.8 Å². The van der Waals surface area contributed by atoms with Crippen molar-refractivity contribution in [3.63, 3.8) is 0 Å². The van der Waals surface area contributed by atoms with Crippen molar-refractivity contribution in [2.75, 3.05) is 38.8 Å². The van der Waals surface area contributed by atoms with Crippen LogP contribution in [-0.4, -0.2) is 70.4 Å². The molecule has 3 rings (SSSR count). The van der Waals surface area contributed by atoms with E-state index in [0.717, 1.165) is 34.2 Å². The Kier molecular flexibility index (Phi) is 11.0. The number of nitrogens with one attached hydrogen (secondary N) is 1. The first kappa shape index (κ1) is 33.3. The van der Waals surface area contributed by atoms with Crippen LogP contribution in [0.5, 0.6) is 0 Å². The van der Waals surface area contributed by atoms with E-state index in [0.29, 0.717) is 24.5 Å². The van der Waals surface area contributed by atoms with Crippen LogP contribution in [0.3, 0.4) is 0 Å². The molecule has 0 unspecified atom stereocenters. The van der Waals surface area contributed by atoms with Crippen molar-refractivity contribution in [2.45, 2.75) is 57.7 Å². The molecule has 8 nitrogen and oxygen atoms in total. The number of nitrogens with zero attached hydrogens (tertiary/aromatic N) is 3. The maximum Gasteiger partial charge on any atom is 0.389 e. The zero-order valence-corrected chi connectivity index (χ0v) is 25.4. The molecule has 0 bridgehead atoms. The lowest BCUT2D eigenvalue weighted by Gasteiger charge is -2.38. The van der Waals surface area contributed by atoms with E-state index in [9.17, 15) is 26.4 Å². The van der Waals surface area contributed by atoms with Crippen molar-refractivity contribution in [3.8, 4) is 0 Å². The van der Waals surface area contributed by atoms with Crippen LogP contribution in [0.4, 0.5) is 18.9 Å². The fourth-order valence-corrected chi connectivity index (χ4v) is 6.18. The standard InChI is InChI=1S/C30H40F3N5O3S/c1-22-18-26(37(4)21-34)19-23(2)27(22)11-17-42(40,41)38-15-13-29(20-39,14-16-38)36-28(35-3)25-9-7-24(8-10-25)6-5-12-30(31,32)33/h7-11,17-20H,5-6,12-16,21,34H2,1-4H3,(H,35,36)/b17-11+. The number of carbonyl (C=O) groups excluding carboxylic acids is 1. The molecule has 0 amide bonds. The number of sulfonamides is 1. The summed E-state index contributed by atoms with van der Waals surface area (Å²) >= 11 is 0. The normalized spacial score (nSPS) is 16.5. The summed E-state index contributed by atoms with van der Waals surface area (Å²) in [6.45, 7) is 4.50. The lowest BCUT2D eigenvalue weighted by atomic mass is 9.89. The molecular weight excluding hydrogens is 567 g/mol. The van der Waals surface area contributed by atoms with E-state index in [2.05, 4.69) is 10.3 Å². The van der Waals surface area contributed by atoms with Crippen LogP contribution in [0.2, 0.25) is 0 Å². The van der Waals surface area contributed by atoms with E-state index in [1.165, 1.54) is 9.71 Å². The van der Waals surface area contributed by atoms with Gasteiger partial charge < -0.3 is 20.7 Å². The van der Waals surface area contributed by atoms with Gasteiger partial charge in [-0.05, 0) is 80.0 Å². The van der Waals surface area contributed by atoms with Gasteiger partial charge in [0, 0.05) is 50.3 Å². The highest BCUT2D eigenvalue weighted by atomic mass is 32.2. The van der Waals surface area contributed by atoms with E-state index in [-0.39, 0.29) is 32.4 Å². The molecule has 1 fully saturated rings. The Morgan fingerprint density at radius 3 is 2.24 bits per heavy atom. The first-order valence-electron chi connectivity index (χ1n) is 13.8. The smallest absolute Gasteiger partial charge is 0.362 e. The lowest BCUT2D eigenvalue weighted by molar-refractivity contribution is -0.135. The molecule has 0 atom stereocenters. The summed E-state index contributed by atoms with van der Waals surface area (Å²) in [6.07, 6.45) is -1.78. The van der Waals surface area contributed by atoms with Crippen molar-refractivity contribution in [1.82, 2.24) is 9.62 Å². The summed E-state index contributed by atoms with van der Waals surface area (Å²) in [5.74, 6) is 0.454. The molecule has 0 radical (unpaired) electrons. The topological polar surface area (TPSA) is 108 Å². The average Bonchev–Trinajstić information content (AvgIpc) is 2.95. The van der Waals surface area contributed by atoms with E-state index < -0.39 is 28.2 Å². The second kappa shape index (κ2) is 13.8. The van der Waals surface area contributed by atoms with Gasteiger partial charge in [0.15, 0.2) is 0 Å². The number of anilines is 1. The molecule has 12 heteroatoms. The molecule has 0 spiro atoms. The van der Waals surface area contributed by atoms with Crippen LogP contribution >= 0.6 is 0 Å². The minimum absolute atomic E-state index is 0.0105. The highest BCUT2D eigenvalue weighted by Crippen LogP contribution is 2.27. The lowest BCUT2D eigenvalue weighted by Crippen LogP contribution is -2.57. The fraction of sp³-hybridized carbons (Fsp3) is 0.467. The number of alkyl halides is 3. The molecule has 1 heterocycles. The van der Waals surface area contributed by atoms with Crippen LogP contribution in [0.1, 0.15) is 53.5 Å². The van der Waals surface area contributed by atoms with Gasteiger partial charge in [-0.25, -0.2) is 8.42 Å². The third-order valence-corrected chi connectivity index (χ3v) is 9.21. The Labute approximate surface area is 246 Å². The minimum atomic E-state index is -4.17. The monoisotopic (exact) mass is 607 g/mol. The Balaban J connectivity index is 1.65. The number of benzene rings is 2. The van der Waals surface area contributed by atoms with Crippen molar-refractivity contribution in [2.24, 2.45) is 10.7 Å². The van der Waals surface area contributed by atoms with Crippen LogP contribution in [0, 0.1) is 13.8 Å². The number of nitrogens with two attached hydrogens (primary N) is 1. The van der Waals surface area contributed by atoms with Crippen molar-refractivity contribution in [1.29, 1.82) is 0 Å². The molecule has 0 aliphatic carbocycles. The van der Waals surface area contributed by atoms with E-state index in [4.69, 9.17) is 5.73 Å². The number of carbonyl (C=O) groups is 1. The summed E-state index contributed by atoms with van der Waals surface area (Å²) in [6, 6.07) is 10.9. The Morgan fingerprint density at radius 2 is 1.74 bits per heavy atom. The van der Waals surface area contributed by atoms with Crippen LogP contribution < -0.4 is 16.0 Å².